The fourth-order valence-corrected chi connectivity index (χ4v) is 1.37. The summed E-state index contributed by atoms with van der Waals surface area (Å²) in [4.78, 5) is 15.5. The molecule has 5 heteroatoms. The Morgan fingerprint density at radius 3 is 2.88 bits per heavy atom. The van der Waals surface area contributed by atoms with Gasteiger partial charge in [0, 0.05) is 19.8 Å². The Labute approximate surface area is 101 Å². The standard InChI is InChI=1S/C12H16N4O/c1-12(2,11(17)14-3)8-16-9-5-4-6-15-10(9)7-13/h4-6,16H,8H2,1-3H3,(H,14,17). The number of nitrogens with one attached hydrogen (secondary N) is 2. The second-order valence-corrected chi connectivity index (χ2v) is 4.33. The predicted octanol–water partition coefficient (Wildman–Crippen LogP) is 1.14. The van der Waals surface area contributed by atoms with Crippen LogP contribution in [0.1, 0.15) is 19.5 Å². The van der Waals surface area contributed by atoms with Gasteiger partial charge in [0.25, 0.3) is 0 Å². The second kappa shape index (κ2) is 5.30. The van der Waals surface area contributed by atoms with E-state index >= 15 is 0 Å². The highest BCUT2D eigenvalue weighted by atomic mass is 16.2. The zero-order valence-electron chi connectivity index (χ0n) is 10.2. The quantitative estimate of drug-likeness (QED) is 0.816. The number of nitrogens with zero attached hydrogens (tertiary/aromatic N) is 2. The molecule has 0 bridgehead atoms. The molecule has 0 radical (unpaired) electrons. The molecule has 17 heavy (non-hydrogen) atoms. The molecule has 0 aromatic carbocycles. The van der Waals surface area contributed by atoms with Gasteiger partial charge in [0.05, 0.1) is 11.1 Å². The maximum atomic E-state index is 11.6. The smallest absolute Gasteiger partial charge is 0.227 e. The summed E-state index contributed by atoms with van der Waals surface area (Å²) < 4.78 is 0. The first kappa shape index (κ1) is 13.0. The van der Waals surface area contributed by atoms with Gasteiger partial charge in [-0.2, -0.15) is 5.26 Å². The highest BCUT2D eigenvalue weighted by Crippen LogP contribution is 2.18. The highest BCUT2D eigenvalue weighted by Gasteiger charge is 2.26. The minimum Gasteiger partial charge on any atom is -0.382 e. The first-order valence-corrected chi connectivity index (χ1v) is 5.32. The van der Waals surface area contributed by atoms with Crippen LogP contribution < -0.4 is 10.6 Å². The Bertz CT molecular complexity index is 448. The number of aromatic nitrogens is 1. The number of hydrogen-bond donors (Lipinski definition) is 2. The van der Waals surface area contributed by atoms with E-state index in [4.69, 9.17) is 5.26 Å². The van der Waals surface area contributed by atoms with E-state index in [2.05, 4.69) is 15.6 Å². The van der Waals surface area contributed by atoms with E-state index in [1.807, 2.05) is 19.9 Å². The molecule has 0 aliphatic rings. The lowest BCUT2D eigenvalue weighted by molar-refractivity contribution is -0.128. The zero-order valence-corrected chi connectivity index (χ0v) is 10.2. The SMILES string of the molecule is CNC(=O)C(C)(C)CNc1cccnc1C#N. The molecule has 0 saturated carbocycles. The predicted molar refractivity (Wildman–Crippen MR) is 65.3 cm³/mol. The lowest BCUT2D eigenvalue weighted by Gasteiger charge is -2.23. The van der Waals surface area contributed by atoms with Crippen LogP contribution in [0.25, 0.3) is 0 Å². The Hall–Kier alpha value is -2.09. The average Bonchev–Trinajstić information content (AvgIpc) is 2.35. The van der Waals surface area contributed by atoms with Gasteiger partial charge in [-0.3, -0.25) is 4.79 Å². The van der Waals surface area contributed by atoms with Gasteiger partial charge in [-0.05, 0) is 26.0 Å². The van der Waals surface area contributed by atoms with E-state index < -0.39 is 5.41 Å². The van der Waals surface area contributed by atoms with Crippen molar-refractivity contribution in [1.82, 2.24) is 10.3 Å². The first-order chi connectivity index (χ1) is 8.01. The van der Waals surface area contributed by atoms with Crippen LogP contribution >= 0.6 is 0 Å². The van der Waals surface area contributed by atoms with Gasteiger partial charge < -0.3 is 10.6 Å². The molecule has 1 heterocycles. The molecule has 0 unspecified atom stereocenters. The van der Waals surface area contributed by atoms with Crippen molar-refractivity contribution >= 4 is 11.6 Å². The molecule has 0 atom stereocenters. The molecule has 0 saturated heterocycles. The third-order valence-corrected chi connectivity index (χ3v) is 2.48. The van der Waals surface area contributed by atoms with Crippen molar-refractivity contribution in [2.75, 3.05) is 18.9 Å². The van der Waals surface area contributed by atoms with Gasteiger partial charge in [-0.25, -0.2) is 4.98 Å². The van der Waals surface area contributed by atoms with E-state index in [1.165, 1.54) is 0 Å². The van der Waals surface area contributed by atoms with Crippen LogP contribution in [0.15, 0.2) is 18.3 Å². The molecule has 0 aliphatic heterocycles. The number of carbonyl (C=O) groups excluding carboxylic acids is 1. The maximum Gasteiger partial charge on any atom is 0.227 e. The Morgan fingerprint density at radius 2 is 2.29 bits per heavy atom. The zero-order chi connectivity index (χ0) is 12.9. The molecular weight excluding hydrogens is 216 g/mol. The largest absolute Gasteiger partial charge is 0.382 e. The van der Waals surface area contributed by atoms with E-state index in [-0.39, 0.29) is 5.91 Å². The molecular formula is C12H16N4O. The average molecular weight is 232 g/mol. The maximum absolute atomic E-state index is 11.6. The Kier molecular flexibility index (Phi) is 4.05. The van der Waals surface area contributed by atoms with Crippen LogP contribution in [-0.2, 0) is 4.79 Å². The van der Waals surface area contributed by atoms with Gasteiger partial charge in [0.1, 0.15) is 6.07 Å². The minimum atomic E-state index is -0.544. The summed E-state index contributed by atoms with van der Waals surface area (Å²) in [5.41, 5.74) is 0.435. The fraction of sp³-hybridized carbons (Fsp3) is 0.417. The molecule has 0 fully saturated rings. The highest BCUT2D eigenvalue weighted by molar-refractivity contribution is 5.82. The normalized spacial score (nSPS) is 10.5. The summed E-state index contributed by atoms with van der Waals surface area (Å²) in [6.07, 6.45) is 1.56. The van der Waals surface area contributed by atoms with Gasteiger partial charge in [-0.1, -0.05) is 0 Å². The lowest BCUT2D eigenvalue weighted by atomic mass is 9.92. The number of carbonyl (C=O) groups is 1. The third-order valence-electron chi connectivity index (χ3n) is 2.48. The summed E-state index contributed by atoms with van der Waals surface area (Å²) in [7, 11) is 1.61. The fourth-order valence-electron chi connectivity index (χ4n) is 1.37. The van der Waals surface area contributed by atoms with Crippen molar-refractivity contribution in [1.29, 1.82) is 5.26 Å². The minimum absolute atomic E-state index is 0.0487. The molecule has 0 spiro atoms. The molecule has 1 rings (SSSR count). The van der Waals surface area contributed by atoms with Crippen LogP contribution in [0.3, 0.4) is 0 Å². The number of pyridine rings is 1. The summed E-state index contributed by atoms with van der Waals surface area (Å²) in [5.74, 6) is -0.0487. The molecule has 0 aliphatic carbocycles. The van der Waals surface area contributed by atoms with Gasteiger partial charge in [0.15, 0.2) is 5.69 Å². The third kappa shape index (κ3) is 3.18. The second-order valence-electron chi connectivity index (χ2n) is 4.33. The van der Waals surface area contributed by atoms with Crippen LogP contribution in [0.5, 0.6) is 0 Å². The topological polar surface area (TPSA) is 77.8 Å². The summed E-state index contributed by atoms with van der Waals surface area (Å²) >= 11 is 0. The first-order valence-electron chi connectivity index (χ1n) is 5.32. The number of anilines is 1. The Balaban J connectivity index is 2.74. The van der Waals surface area contributed by atoms with E-state index in [0.717, 1.165) is 0 Å². The van der Waals surface area contributed by atoms with Crippen molar-refractivity contribution in [2.45, 2.75) is 13.8 Å². The summed E-state index contributed by atoms with van der Waals surface area (Å²) in [5, 5.41) is 14.6. The van der Waals surface area contributed by atoms with E-state index in [1.54, 1.807) is 25.4 Å². The van der Waals surface area contributed by atoms with Gasteiger partial charge in [0.2, 0.25) is 5.91 Å². The molecule has 2 N–H and O–H groups in total. The summed E-state index contributed by atoms with van der Waals surface area (Å²) in [6, 6.07) is 5.52. The number of rotatable bonds is 4. The van der Waals surface area contributed by atoms with Crippen LogP contribution in [0.4, 0.5) is 5.69 Å². The van der Waals surface area contributed by atoms with Crippen molar-refractivity contribution in [2.24, 2.45) is 5.41 Å². The van der Waals surface area contributed by atoms with Crippen molar-refractivity contribution in [3.8, 4) is 6.07 Å². The van der Waals surface area contributed by atoms with Crippen molar-refractivity contribution < 1.29 is 4.79 Å². The molecule has 90 valence electrons. The monoisotopic (exact) mass is 232 g/mol. The van der Waals surface area contributed by atoms with Gasteiger partial charge >= 0.3 is 0 Å². The lowest BCUT2D eigenvalue weighted by Crippen LogP contribution is -2.39. The number of hydrogen-bond acceptors (Lipinski definition) is 4. The molecule has 5 nitrogen and oxygen atoms in total. The molecule has 1 aromatic heterocycles. The Morgan fingerprint density at radius 1 is 1.59 bits per heavy atom. The van der Waals surface area contributed by atoms with Gasteiger partial charge in [-0.15, -0.1) is 0 Å². The molecule has 1 aromatic rings. The van der Waals surface area contributed by atoms with E-state index in [0.29, 0.717) is 17.9 Å². The number of amides is 1. The van der Waals surface area contributed by atoms with Crippen molar-refractivity contribution in [3.63, 3.8) is 0 Å². The summed E-state index contributed by atoms with van der Waals surface area (Å²) in [6.45, 7) is 4.11. The van der Waals surface area contributed by atoms with Crippen LogP contribution in [0, 0.1) is 16.7 Å². The van der Waals surface area contributed by atoms with Crippen LogP contribution in [0.2, 0.25) is 0 Å². The van der Waals surface area contributed by atoms with Crippen molar-refractivity contribution in [3.05, 3.63) is 24.0 Å². The number of nitriles is 1. The molecule has 1 amide bonds. The van der Waals surface area contributed by atoms with Crippen LogP contribution in [-0.4, -0.2) is 24.5 Å². The van der Waals surface area contributed by atoms with E-state index in [9.17, 15) is 4.79 Å².